The number of nitrogens with zero attached hydrogens (tertiary/aromatic N) is 5. The number of hydrogen-bond acceptors (Lipinski definition) is 5. The van der Waals surface area contributed by atoms with Crippen molar-refractivity contribution in [2.24, 2.45) is 0 Å². The van der Waals surface area contributed by atoms with Crippen molar-refractivity contribution in [1.82, 2.24) is 19.7 Å². The Kier molecular flexibility index (Phi) is 4.71. The van der Waals surface area contributed by atoms with Crippen molar-refractivity contribution in [2.45, 2.75) is 18.9 Å². The Morgan fingerprint density at radius 3 is 2.54 bits per heavy atom. The smallest absolute Gasteiger partial charge is 0.160 e. The van der Waals surface area contributed by atoms with Crippen LogP contribution in [-0.4, -0.2) is 38.9 Å². The van der Waals surface area contributed by atoms with Gasteiger partial charge in [-0.15, -0.1) is 10.2 Å². The molecule has 1 saturated heterocycles. The van der Waals surface area contributed by atoms with E-state index in [1.54, 1.807) is 17.1 Å². The Hall–Kier alpha value is -2.67. The molecule has 1 aromatic carbocycles. The minimum absolute atomic E-state index is 0.00345. The summed E-state index contributed by atoms with van der Waals surface area (Å²) >= 11 is 6.07. The second kappa shape index (κ2) is 7.29. The highest BCUT2D eigenvalue weighted by Crippen LogP contribution is 2.28. The summed E-state index contributed by atoms with van der Waals surface area (Å²) in [6.07, 6.45) is 6.82. The van der Waals surface area contributed by atoms with Crippen LogP contribution in [0.25, 0.3) is 5.82 Å². The van der Waals surface area contributed by atoms with E-state index in [1.807, 2.05) is 18.3 Å². The fraction of sp³-hybridized carbons (Fsp3) is 0.278. The van der Waals surface area contributed by atoms with Crippen LogP contribution in [0, 0.1) is 5.82 Å². The molecule has 3 heterocycles. The molecule has 1 aliphatic heterocycles. The first kappa shape index (κ1) is 16.8. The third kappa shape index (κ3) is 3.62. The molecular weight excluding hydrogens is 357 g/mol. The number of aromatic nitrogens is 4. The Labute approximate surface area is 155 Å². The van der Waals surface area contributed by atoms with E-state index in [4.69, 9.17) is 16.3 Å². The predicted octanol–water partition coefficient (Wildman–Crippen LogP) is 3.50. The van der Waals surface area contributed by atoms with E-state index in [1.165, 1.54) is 18.2 Å². The van der Waals surface area contributed by atoms with Gasteiger partial charge in [0.15, 0.2) is 11.6 Å². The van der Waals surface area contributed by atoms with Crippen LogP contribution in [0.15, 0.2) is 49.1 Å². The maximum Gasteiger partial charge on any atom is 0.160 e. The number of halogens is 2. The van der Waals surface area contributed by atoms with E-state index in [2.05, 4.69) is 20.1 Å². The third-order valence-electron chi connectivity index (χ3n) is 4.36. The Morgan fingerprint density at radius 1 is 1.08 bits per heavy atom. The molecule has 0 spiro atoms. The molecule has 0 amide bonds. The lowest BCUT2D eigenvalue weighted by Gasteiger charge is -2.32. The number of anilines is 1. The lowest BCUT2D eigenvalue weighted by atomic mass is 10.1. The minimum atomic E-state index is -0.352. The molecule has 0 aliphatic carbocycles. The molecular formula is C18H17ClFN5O. The molecule has 4 rings (SSSR count). The molecule has 26 heavy (non-hydrogen) atoms. The highest BCUT2D eigenvalue weighted by molar-refractivity contribution is 6.32. The second-order valence-corrected chi connectivity index (χ2v) is 6.51. The van der Waals surface area contributed by atoms with Gasteiger partial charge in [-0.1, -0.05) is 11.6 Å². The van der Waals surface area contributed by atoms with Crippen LogP contribution in [-0.2, 0) is 0 Å². The minimum Gasteiger partial charge on any atom is -0.489 e. The molecule has 134 valence electrons. The van der Waals surface area contributed by atoms with Crippen LogP contribution in [0.1, 0.15) is 12.8 Å². The summed E-state index contributed by atoms with van der Waals surface area (Å²) in [5, 5.41) is 8.98. The van der Waals surface area contributed by atoms with Crippen LogP contribution in [0.3, 0.4) is 0 Å². The molecule has 8 heteroatoms. The predicted molar refractivity (Wildman–Crippen MR) is 96.4 cm³/mol. The van der Waals surface area contributed by atoms with Gasteiger partial charge in [-0.3, -0.25) is 4.57 Å². The van der Waals surface area contributed by atoms with Crippen LogP contribution in [0.5, 0.6) is 5.75 Å². The van der Waals surface area contributed by atoms with Crippen LogP contribution in [0.4, 0.5) is 10.2 Å². The molecule has 2 aromatic heterocycles. The van der Waals surface area contributed by atoms with E-state index in [-0.39, 0.29) is 11.9 Å². The summed E-state index contributed by atoms with van der Waals surface area (Å²) in [5.74, 6) is 1.60. The number of rotatable bonds is 4. The van der Waals surface area contributed by atoms with Crippen molar-refractivity contribution >= 4 is 17.4 Å². The van der Waals surface area contributed by atoms with Crippen LogP contribution >= 0.6 is 11.6 Å². The van der Waals surface area contributed by atoms with Gasteiger partial charge in [0.05, 0.1) is 5.02 Å². The third-order valence-corrected chi connectivity index (χ3v) is 4.67. The lowest BCUT2D eigenvalue weighted by molar-refractivity contribution is 0.170. The van der Waals surface area contributed by atoms with Crippen molar-refractivity contribution in [1.29, 1.82) is 0 Å². The average molecular weight is 374 g/mol. The van der Waals surface area contributed by atoms with Crippen molar-refractivity contribution in [3.63, 3.8) is 0 Å². The summed E-state index contributed by atoms with van der Waals surface area (Å²) < 4.78 is 21.0. The molecule has 3 aromatic rings. The van der Waals surface area contributed by atoms with Gasteiger partial charge in [0.25, 0.3) is 0 Å². The van der Waals surface area contributed by atoms with Crippen molar-refractivity contribution in [2.75, 3.05) is 18.0 Å². The van der Waals surface area contributed by atoms with E-state index >= 15 is 0 Å². The van der Waals surface area contributed by atoms with Gasteiger partial charge in [-0.05, 0) is 24.3 Å². The Balaban J connectivity index is 1.37. The zero-order chi connectivity index (χ0) is 17.9. The summed E-state index contributed by atoms with van der Waals surface area (Å²) in [6, 6.07) is 8.03. The van der Waals surface area contributed by atoms with Crippen LogP contribution in [0.2, 0.25) is 5.02 Å². The number of benzene rings is 1. The summed E-state index contributed by atoms with van der Waals surface area (Å²) in [7, 11) is 0. The standard InChI is InChI=1S/C18H17ClFN5O/c19-15-2-1-13(20)11-16(15)26-14-5-8-24(9-6-14)17-3-4-18(23-22-17)25-10-7-21-12-25/h1-4,7,10-12,14H,5-6,8-9H2. The Morgan fingerprint density at radius 2 is 1.85 bits per heavy atom. The normalized spacial score (nSPS) is 15.2. The molecule has 0 saturated carbocycles. The Bertz CT molecular complexity index is 864. The molecule has 1 aliphatic rings. The fourth-order valence-corrected chi connectivity index (χ4v) is 3.13. The molecule has 1 fully saturated rings. The quantitative estimate of drug-likeness (QED) is 0.700. The maximum absolute atomic E-state index is 13.4. The molecule has 0 N–H and O–H groups in total. The first-order valence-corrected chi connectivity index (χ1v) is 8.75. The SMILES string of the molecule is Fc1ccc(Cl)c(OC2CCN(c3ccc(-n4ccnc4)nn3)CC2)c1. The summed E-state index contributed by atoms with van der Waals surface area (Å²) in [5.41, 5.74) is 0. The van der Waals surface area contributed by atoms with Crippen LogP contribution < -0.4 is 9.64 Å². The molecule has 0 radical (unpaired) electrons. The average Bonchev–Trinajstić information content (AvgIpc) is 3.20. The first-order valence-electron chi connectivity index (χ1n) is 8.38. The van der Waals surface area contributed by atoms with Gasteiger partial charge in [0.1, 0.15) is 24.0 Å². The first-order chi connectivity index (χ1) is 12.7. The highest BCUT2D eigenvalue weighted by atomic mass is 35.5. The van der Waals surface area contributed by atoms with Crippen molar-refractivity contribution in [3.8, 4) is 11.6 Å². The zero-order valence-corrected chi connectivity index (χ0v) is 14.7. The van der Waals surface area contributed by atoms with Gasteiger partial charge >= 0.3 is 0 Å². The van der Waals surface area contributed by atoms with Crippen molar-refractivity contribution < 1.29 is 9.13 Å². The van der Waals surface area contributed by atoms with Gasteiger partial charge < -0.3 is 9.64 Å². The number of piperidine rings is 1. The molecule has 0 atom stereocenters. The molecule has 0 bridgehead atoms. The van der Waals surface area contributed by atoms with Gasteiger partial charge in [-0.25, -0.2) is 9.37 Å². The molecule has 6 nitrogen and oxygen atoms in total. The summed E-state index contributed by atoms with van der Waals surface area (Å²) in [4.78, 5) is 6.17. The van der Waals surface area contributed by atoms with Crippen molar-refractivity contribution in [3.05, 3.63) is 59.9 Å². The monoisotopic (exact) mass is 373 g/mol. The molecule has 0 unspecified atom stereocenters. The van der Waals surface area contributed by atoms with E-state index in [0.29, 0.717) is 10.8 Å². The highest BCUT2D eigenvalue weighted by Gasteiger charge is 2.22. The fourth-order valence-electron chi connectivity index (χ4n) is 2.97. The number of hydrogen-bond donors (Lipinski definition) is 0. The number of imidazole rings is 1. The van der Waals surface area contributed by atoms with Gasteiger partial charge in [-0.2, -0.15) is 0 Å². The van der Waals surface area contributed by atoms with Gasteiger partial charge in [0, 0.05) is 44.4 Å². The van der Waals surface area contributed by atoms with E-state index in [0.717, 1.165) is 37.6 Å². The largest absolute Gasteiger partial charge is 0.489 e. The number of ether oxygens (including phenoxy) is 1. The lowest BCUT2D eigenvalue weighted by Crippen LogP contribution is -2.38. The van der Waals surface area contributed by atoms with Gasteiger partial charge in [0.2, 0.25) is 0 Å². The topological polar surface area (TPSA) is 56.1 Å². The summed E-state index contributed by atoms with van der Waals surface area (Å²) in [6.45, 7) is 1.58. The van der Waals surface area contributed by atoms with E-state index in [9.17, 15) is 4.39 Å². The maximum atomic E-state index is 13.4. The second-order valence-electron chi connectivity index (χ2n) is 6.10. The van der Waals surface area contributed by atoms with E-state index < -0.39 is 0 Å². The zero-order valence-electron chi connectivity index (χ0n) is 13.9.